The minimum Gasteiger partial charge on any atom is -0.462 e. The van der Waals surface area contributed by atoms with Crippen LogP contribution in [0, 0.1) is 6.92 Å². The number of hydrogen-bond acceptors (Lipinski definition) is 4. The van der Waals surface area contributed by atoms with Crippen LogP contribution in [0.4, 0.5) is 5.00 Å². The van der Waals surface area contributed by atoms with Crippen molar-refractivity contribution in [1.29, 1.82) is 0 Å². The molecule has 3 aromatic rings. The maximum absolute atomic E-state index is 12.7. The first-order valence-corrected chi connectivity index (χ1v) is 10.3. The van der Waals surface area contributed by atoms with Crippen molar-refractivity contribution < 1.29 is 14.3 Å². The molecule has 1 amide bonds. The van der Waals surface area contributed by atoms with Gasteiger partial charge in [0.05, 0.1) is 6.61 Å². The van der Waals surface area contributed by atoms with Gasteiger partial charge in [0.2, 0.25) is 5.91 Å². The van der Waals surface area contributed by atoms with Gasteiger partial charge in [0.1, 0.15) is 10.6 Å². The minimum absolute atomic E-state index is 0.256. The number of carbonyl (C=O) groups excluding carboxylic acids is 2. The second kappa shape index (κ2) is 9.54. The molecule has 0 saturated heterocycles. The molecule has 1 aromatic heterocycles. The zero-order valence-electron chi connectivity index (χ0n) is 16.1. The summed E-state index contributed by atoms with van der Waals surface area (Å²) in [5.41, 5.74) is 2.92. The quantitative estimate of drug-likeness (QED) is 0.377. The zero-order valence-corrected chi connectivity index (χ0v) is 17.6. The molecular formula is C23H20ClNO3S. The van der Waals surface area contributed by atoms with Crippen molar-refractivity contribution >= 4 is 45.9 Å². The Bertz CT molecular complexity index is 1040. The van der Waals surface area contributed by atoms with Gasteiger partial charge in [-0.2, -0.15) is 0 Å². The SMILES string of the molecule is CCOC(=O)c1c(NC(=O)/C=C/c2ccc(Cl)cc2)sc(C)c1-c1ccccc1. The van der Waals surface area contributed by atoms with Crippen molar-refractivity contribution in [2.24, 2.45) is 0 Å². The predicted molar refractivity (Wildman–Crippen MR) is 120 cm³/mol. The number of halogens is 1. The van der Waals surface area contributed by atoms with Crippen molar-refractivity contribution in [3.63, 3.8) is 0 Å². The lowest BCUT2D eigenvalue weighted by Crippen LogP contribution is -2.12. The number of thiophene rings is 1. The van der Waals surface area contributed by atoms with Crippen LogP contribution in [-0.2, 0) is 9.53 Å². The van der Waals surface area contributed by atoms with Crippen LogP contribution >= 0.6 is 22.9 Å². The van der Waals surface area contributed by atoms with Gasteiger partial charge in [0.15, 0.2) is 0 Å². The molecule has 0 saturated carbocycles. The monoisotopic (exact) mass is 425 g/mol. The van der Waals surface area contributed by atoms with E-state index in [2.05, 4.69) is 5.32 Å². The molecule has 6 heteroatoms. The minimum atomic E-state index is -0.451. The molecule has 148 valence electrons. The van der Waals surface area contributed by atoms with Gasteiger partial charge in [-0.15, -0.1) is 11.3 Å². The summed E-state index contributed by atoms with van der Waals surface area (Å²) in [5.74, 6) is -0.779. The van der Waals surface area contributed by atoms with E-state index in [4.69, 9.17) is 16.3 Å². The summed E-state index contributed by atoms with van der Waals surface area (Å²) in [6.07, 6.45) is 3.11. The molecule has 4 nitrogen and oxygen atoms in total. The van der Waals surface area contributed by atoms with E-state index >= 15 is 0 Å². The first-order chi connectivity index (χ1) is 14.0. The Morgan fingerprint density at radius 2 is 1.79 bits per heavy atom. The average molecular weight is 426 g/mol. The van der Waals surface area contributed by atoms with E-state index in [-0.39, 0.29) is 12.5 Å². The average Bonchev–Trinajstić information content (AvgIpc) is 3.04. The third-order valence-electron chi connectivity index (χ3n) is 4.16. The van der Waals surface area contributed by atoms with Crippen LogP contribution in [0.5, 0.6) is 0 Å². The Labute approximate surface area is 178 Å². The van der Waals surface area contributed by atoms with Gasteiger partial charge in [0, 0.05) is 21.5 Å². The van der Waals surface area contributed by atoms with Crippen LogP contribution in [-0.4, -0.2) is 18.5 Å². The number of nitrogens with one attached hydrogen (secondary N) is 1. The number of amides is 1. The topological polar surface area (TPSA) is 55.4 Å². The van der Waals surface area contributed by atoms with Crippen LogP contribution in [0.25, 0.3) is 17.2 Å². The molecule has 1 heterocycles. The highest BCUT2D eigenvalue weighted by Crippen LogP contribution is 2.40. The smallest absolute Gasteiger partial charge is 0.341 e. The zero-order chi connectivity index (χ0) is 20.8. The van der Waals surface area contributed by atoms with E-state index in [1.807, 2.05) is 49.4 Å². The highest BCUT2D eigenvalue weighted by Gasteiger charge is 2.25. The molecule has 2 aromatic carbocycles. The highest BCUT2D eigenvalue weighted by molar-refractivity contribution is 7.17. The van der Waals surface area contributed by atoms with Crippen LogP contribution < -0.4 is 5.32 Å². The standard InChI is InChI=1S/C23H20ClNO3S/c1-3-28-23(27)21-20(17-7-5-4-6-8-17)15(2)29-22(21)25-19(26)14-11-16-9-12-18(24)13-10-16/h4-14H,3H2,1-2H3,(H,25,26)/b14-11+. The maximum Gasteiger partial charge on any atom is 0.341 e. The lowest BCUT2D eigenvalue weighted by Gasteiger charge is -2.08. The summed E-state index contributed by atoms with van der Waals surface area (Å²) in [7, 11) is 0. The van der Waals surface area contributed by atoms with E-state index in [9.17, 15) is 9.59 Å². The van der Waals surface area contributed by atoms with E-state index in [1.165, 1.54) is 17.4 Å². The summed E-state index contributed by atoms with van der Waals surface area (Å²) >= 11 is 7.23. The molecular weight excluding hydrogens is 406 g/mol. The number of hydrogen-bond donors (Lipinski definition) is 1. The second-order valence-corrected chi connectivity index (χ2v) is 7.86. The van der Waals surface area contributed by atoms with Crippen molar-refractivity contribution in [3.8, 4) is 11.1 Å². The fourth-order valence-electron chi connectivity index (χ4n) is 2.88. The molecule has 1 N–H and O–H groups in total. The third kappa shape index (κ3) is 5.13. The molecule has 0 bridgehead atoms. The fraction of sp³-hybridized carbons (Fsp3) is 0.130. The maximum atomic E-state index is 12.7. The summed E-state index contributed by atoms with van der Waals surface area (Å²) in [4.78, 5) is 26.1. The van der Waals surface area contributed by atoms with E-state index < -0.39 is 5.97 Å². The molecule has 0 aliphatic carbocycles. The Balaban J connectivity index is 1.91. The van der Waals surface area contributed by atoms with E-state index in [1.54, 1.807) is 25.1 Å². The van der Waals surface area contributed by atoms with E-state index in [0.717, 1.165) is 21.6 Å². The summed E-state index contributed by atoms with van der Waals surface area (Å²) in [6.45, 7) is 3.94. The van der Waals surface area contributed by atoms with Crippen LogP contribution in [0.1, 0.15) is 27.7 Å². The summed E-state index contributed by atoms with van der Waals surface area (Å²) < 4.78 is 5.25. The summed E-state index contributed by atoms with van der Waals surface area (Å²) in [6, 6.07) is 16.8. The molecule has 0 fully saturated rings. The molecule has 29 heavy (non-hydrogen) atoms. The molecule has 0 atom stereocenters. The van der Waals surface area contributed by atoms with Gasteiger partial charge in [0.25, 0.3) is 0 Å². The van der Waals surface area contributed by atoms with Crippen molar-refractivity contribution in [2.45, 2.75) is 13.8 Å². The third-order valence-corrected chi connectivity index (χ3v) is 5.43. The Hall–Kier alpha value is -2.89. The molecule has 3 rings (SSSR count). The normalized spacial score (nSPS) is 10.9. The molecule has 0 aliphatic rings. The van der Waals surface area contributed by atoms with Crippen molar-refractivity contribution in [2.75, 3.05) is 11.9 Å². The van der Waals surface area contributed by atoms with Gasteiger partial charge in [-0.1, -0.05) is 54.1 Å². The predicted octanol–water partition coefficient (Wildman–Crippen LogP) is 6.21. The lowest BCUT2D eigenvalue weighted by atomic mass is 10.0. The van der Waals surface area contributed by atoms with Gasteiger partial charge >= 0.3 is 5.97 Å². The number of ether oxygens (including phenoxy) is 1. The first kappa shape index (κ1) is 20.8. The number of esters is 1. The number of benzene rings is 2. The first-order valence-electron chi connectivity index (χ1n) is 9.10. The van der Waals surface area contributed by atoms with Crippen molar-refractivity contribution in [1.82, 2.24) is 0 Å². The molecule has 0 spiro atoms. The summed E-state index contributed by atoms with van der Waals surface area (Å²) in [5, 5.41) is 3.94. The van der Waals surface area contributed by atoms with Gasteiger partial charge in [-0.25, -0.2) is 4.79 Å². The highest BCUT2D eigenvalue weighted by atomic mass is 35.5. The Morgan fingerprint density at radius 3 is 2.45 bits per heavy atom. The van der Waals surface area contributed by atoms with Crippen LogP contribution in [0.2, 0.25) is 5.02 Å². The molecule has 0 radical (unpaired) electrons. The largest absolute Gasteiger partial charge is 0.462 e. The number of rotatable bonds is 6. The molecule has 0 aliphatic heterocycles. The fourth-order valence-corrected chi connectivity index (χ4v) is 4.08. The lowest BCUT2D eigenvalue weighted by molar-refractivity contribution is -0.111. The number of aryl methyl sites for hydroxylation is 1. The van der Waals surface area contributed by atoms with Crippen molar-refractivity contribution in [3.05, 3.63) is 81.7 Å². The number of anilines is 1. The van der Waals surface area contributed by atoms with Crippen LogP contribution in [0.3, 0.4) is 0 Å². The van der Waals surface area contributed by atoms with Gasteiger partial charge in [-0.3, -0.25) is 4.79 Å². The number of carbonyl (C=O) groups is 2. The molecule has 0 unspecified atom stereocenters. The van der Waals surface area contributed by atoms with E-state index in [0.29, 0.717) is 15.6 Å². The van der Waals surface area contributed by atoms with Gasteiger partial charge in [-0.05, 0) is 43.2 Å². The second-order valence-electron chi connectivity index (χ2n) is 6.20. The Morgan fingerprint density at radius 1 is 1.10 bits per heavy atom. The van der Waals surface area contributed by atoms with Crippen LogP contribution in [0.15, 0.2) is 60.7 Å². The van der Waals surface area contributed by atoms with Gasteiger partial charge < -0.3 is 10.1 Å². The Kier molecular flexibility index (Phi) is 6.86.